The van der Waals surface area contributed by atoms with Crippen LogP contribution in [0.25, 0.3) is 0 Å². The fourth-order valence-electron chi connectivity index (χ4n) is 1.49. The molecule has 0 aliphatic rings. The first kappa shape index (κ1) is 14.1. The highest BCUT2D eigenvalue weighted by Crippen LogP contribution is 2.31. The quantitative estimate of drug-likeness (QED) is 0.835. The molecule has 0 saturated heterocycles. The van der Waals surface area contributed by atoms with Crippen molar-refractivity contribution in [2.75, 3.05) is 13.1 Å². The fraction of sp³-hybridized carbons (Fsp3) is 0.417. The van der Waals surface area contributed by atoms with E-state index in [0.717, 1.165) is 4.90 Å². The molecule has 0 bridgehead atoms. The molecule has 5 heteroatoms. The molecule has 0 fully saturated rings. The average Bonchev–Trinajstić information content (AvgIpc) is 2.31. The topological polar surface area (TPSA) is 20.3 Å². The Balaban J connectivity index is 3.01. The van der Waals surface area contributed by atoms with E-state index < -0.39 is 11.8 Å². The number of likely N-dealkylation sites (N-methyl/N-ethyl adjacent to an activating group) is 1. The smallest absolute Gasteiger partial charge is 0.338 e. The minimum Gasteiger partial charge on any atom is -0.338 e. The van der Waals surface area contributed by atoms with E-state index in [4.69, 9.17) is 0 Å². The molecular weight excluding hydrogens is 292 g/mol. The summed E-state index contributed by atoms with van der Waals surface area (Å²) in [5.74, 6) is -4.61. The van der Waals surface area contributed by atoms with Crippen LogP contribution in [-0.2, 0) is 10.7 Å². The van der Waals surface area contributed by atoms with Gasteiger partial charge in [0.05, 0.1) is 0 Å². The van der Waals surface area contributed by atoms with Gasteiger partial charge in [0, 0.05) is 23.1 Å². The molecule has 0 atom stereocenters. The van der Waals surface area contributed by atoms with E-state index >= 15 is 0 Å². The summed E-state index contributed by atoms with van der Waals surface area (Å²) in [6.45, 7) is 3.92. The highest BCUT2D eigenvalue weighted by atomic mass is 79.9. The Morgan fingerprint density at radius 2 is 1.71 bits per heavy atom. The Hall–Kier alpha value is -0.970. The van der Waals surface area contributed by atoms with E-state index in [9.17, 15) is 13.6 Å². The molecule has 0 N–H and O–H groups in total. The number of halogens is 3. The number of amides is 1. The number of alkyl halides is 2. The molecule has 2 nitrogen and oxygen atoms in total. The zero-order valence-corrected chi connectivity index (χ0v) is 11.3. The predicted molar refractivity (Wildman–Crippen MR) is 66.0 cm³/mol. The monoisotopic (exact) mass is 305 g/mol. The largest absolute Gasteiger partial charge is 0.349 e. The van der Waals surface area contributed by atoms with E-state index in [1.807, 2.05) is 0 Å². The minimum absolute atomic E-state index is 0.279. The number of benzene rings is 1. The van der Waals surface area contributed by atoms with Crippen LogP contribution >= 0.6 is 15.9 Å². The van der Waals surface area contributed by atoms with Crippen LogP contribution in [0.3, 0.4) is 0 Å². The van der Waals surface area contributed by atoms with Crippen LogP contribution in [0.5, 0.6) is 0 Å². The van der Waals surface area contributed by atoms with E-state index in [1.54, 1.807) is 13.8 Å². The molecule has 1 aromatic carbocycles. The van der Waals surface area contributed by atoms with Crippen LogP contribution in [0.4, 0.5) is 8.78 Å². The van der Waals surface area contributed by atoms with Crippen LogP contribution in [-0.4, -0.2) is 23.9 Å². The lowest BCUT2D eigenvalue weighted by Crippen LogP contribution is -2.41. The van der Waals surface area contributed by atoms with E-state index in [1.165, 1.54) is 24.3 Å². The van der Waals surface area contributed by atoms with Gasteiger partial charge in [-0.15, -0.1) is 0 Å². The molecule has 0 aliphatic heterocycles. The second-order valence-corrected chi connectivity index (χ2v) is 4.47. The highest BCUT2D eigenvalue weighted by molar-refractivity contribution is 9.10. The van der Waals surface area contributed by atoms with Gasteiger partial charge in [-0.25, -0.2) is 0 Å². The Morgan fingerprint density at radius 1 is 1.24 bits per heavy atom. The van der Waals surface area contributed by atoms with Crippen molar-refractivity contribution in [3.05, 3.63) is 34.3 Å². The molecule has 17 heavy (non-hydrogen) atoms. The zero-order chi connectivity index (χ0) is 13.1. The van der Waals surface area contributed by atoms with E-state index in [2.05, 4.69) is 15.9 Å². The Morgan fingerprint density at radius 3 is 2.12 bits per heavy atom. The molecule has 1 amide bonds. The van der Waals surface area contributed by atoms with Crippen LogP contribution in [0.2, 0.25) is 0 Å². The third kappa shape index (κ3) is 3.03. The first-order valence-electron chi connectivity index (χ1n) is 5.36. The minimum atomic E-state index is -3.47. The van der Waals surface area contributed by atoms with Crippen molar-refractivity contribution in [3.8, 4) is 0 Å². The van der Waals surface area contributed by atoms with Crippen LogP contribution < -0.4 is 0 Å². The second kappa shape index (κ2) is 5.58. The molecule has 0 spiro atoms. The van der Waals surface area contributed by atoms with Gasteiger partial charge in [0.2, 0.25) is 0 Å². The molecule has 94 valence electrons. The van der Waals surface area contributed by atoms with Crippen molar-refractivity contribution < 1.29 is 13.6 Å². The third-order valence-corrected chi connectivity index (χ3v) is 3.05. The lowest BCUT2D eigenvalue weighted by Gasteiger charge is -2.24. The van der Waals surface area contributed by atoms with Crippen molar-refractivity contribution in [3.63, 3.8) is 0 Å². The Kier molecular flexibility index (Phi) is 4.62. The van der Waals surface area contributed by atoms with E-state index in [-0.39, 0.29) is 18.7 Å². The molecule has 0 radical (unpaired) electrons. The highest BCUT2D eigenvalue weighted by Gasteiger charge is 2.43. The van der Waals surface area contributed by atoms with Gasteiger partial charge >= 0.3 is 5.92 Å². The maximum atomic E-state index is 13.9. The van der Waals surface area contributed by atoms with Gasteiger partial charge in [0.1, 0.15) is 0 Å². The van der Waals surface area contributed by atoms with Gasteiger partial charge < -0.3 is 4.90 Å². The van der Waals surface area contributed by atoms with Gasteiger partial charge in [-0.2, -0.15) is 8.78 Å². The number of hydrogen-bond donors (Lipinski definition) is 0. The first-order valence-corrected chi connectivity index (χ1v) is 6.16. The third-order valence-electron chi connectivity index (χ3n) is 2.53. The van der Waals surface area contributed by atoms with Crippen molar-refractivity contribution in [2.24, 2.45) is 0 Å². The molecule has 0 saturated carbocycles. The summed E-state index contributed by atoms with van der Waals surface area (Å²) in [4.78, 5) is 12.8. The number of rotatable bonds is 4. The summed E-state index contributed by atoms with van der Waals surface area (Å²) in [7, 11) is 0. The fourth-order valence-corrected chi connectivity index (χ4v) is 1.76. The van der Waals surface area contributed by atoms with Crippen molar-refractivity contribution >= 4 is 21.8 Å². The summed E-state index contributed by atoms with van der Waals surface area (Å²) in [5, 5.41) is 0. The number of carbonyl (C=O) groups is 1. The standard InChI is InChI=1S/C12H14BrF2NO/c1-3-16(4-2)11(17)12(14,15)9-5-7-10(13)8-6-9/h5-8H,3-4H2,1-2H3. The normalized spacial score (nSPS) is 11.4. The lowest BCUT2D eigenvalue weighted by atomic mass is 10.1. The number of hydrogen-bond acceptors (Lipinski definition) is 1. The van der Waals surface area contributed by atoms with E-state index in [0.29, 0.717) is 4.47 Å². The molecule has 0 aliphatic carbocycles. The maximum Gasteiger partial charge on any atom is 0.349 e. The summed E-state index contributed by atoms with van der Waals surface area (Å²) in [5.41, 5.74) is -0.280. The lowest BCUT2D eigenvalue weighted by molar-refractivity contribution is -0.158. The van der Waals surface area contributed by atoms with Gasteiger partial charge in [0.25, 0.3) is 5.91 Å². The Labute approximate surface area is 108 Å². The van der Waals surface area contributed by atoms with Gasteiger partial charge in [-0.05, 0) is 26.0 Å². The van der Waals surface area contributed by atoms with Crippen LogP contribution in [0.15, 0.2) is 28.7 Å². The van der Waals surface area contributed by atoms with Gasteiger partial charge in [-0.1, -0.05) is 28.1 Å². The number of nitrogens with zero attached hydrogens (tertiary/aromatic N) is 1. The molecule has 1 aromatic rings. The zero-order valence-electron chi connectivity index (χ0n) is 9.71. The summed E-state index contributed by atoms with van der Waals surface area (Å²) >= 11 is 3.17. The second-order valence-electron chi connectivity index (χ2n) is 3.56. The molecule has 1 rings (SSSR count). The summed E-state index contributed by atoms with van der Waals surface area (Å²) < 4.78 is 28.5. The summed E-state index contributed by atoms with van der Waals surface area (Å²) in [6, 6.07) is 5.51. The van der Waals surface area contributed by atoms with Gasteiger partial charge in [0.15, 0.2) is 0 Å². The molecule has 0 aromatic heterocycles. The number of carbonyl (C=O) groups excluding carboxylic acids is 1. The average molecular weight is 306 g/mol. The summed E-state index contributed by atoms with van der Waals surface area (Å²) in [6.07, 6.45) is 0. The van der Waals surface area contributed by atoms with Crippen molar-refractivity contribution in [1.82, 2.24) is 4.90 Å². The van der Waals surface area contributed by atoms with Crippen molar-refractivity contribution in [2.45, 2.75) is 19.8 Å². The SMILES string of the molecule is CCN(CC)C(=O)C(F)(F)c1ccc(Br)cc1. The molecule has 0 heterocycles. The van der Waals surface area contributed by atoms with Crippen LogP contribution in [0.1, 0.15) is 19.4 Å². The Bertz CT molecular complexity index is 388. The maximum absolute atomic E-state index is 13.9. The van der Waals surface area contributed by atoms with Gasteiger partial charge in [-0.3, -0.25) is 4.79 Å². The van der Waals surface area contributed by atoms with Crippen molar-refractivity contribution in [1.29, 1.82) is 0 Å². The first-order chi connectivity index (χ1) is 7.93. The molecule has 0 unspecified atom stereocenters. The predicted octanol–water partition coefficient (Wildman–Crippen LogP) is 3.41. The van der Waals surface area contributed by atoms with Crippen LogP contribution in [0, 0.1) is 0 Å². The molecular formula is C12H14BrF2NO.